The van der Waals surface area contributed by atoms with Crippen molar-refractivity contribution in [3.63, 3.8) is 0 Å². The Hall–Kier alpha value is -0.100. The Balaban J connectivity index is 2.75. The Labute approximate surface area is 104 Å². The van der Waals surface area contributed by atoms with E-state index in [2.05, 4.69) is 35.6 Å². The third-order valence-corrected chi connectivity index (χ3v) is 4.12. The largest absolute Gasteiger partial charge is 0.459 e. The number of esters is 1. The minimum absolute atomic E-state index is 0.143. The lowest BCUT2D eigenvalue weighted by molar-refractivity contribution is -0.156. The molecule has 4 heteroatoms. The molecule has 1 aliphatic heterocycles. The van der Waals surface area contributed by atoms with Crippen LogP contribution in [0.15, 0.2) is 12.2 Å². The zero-order valence-electron chi connectivity index (χ0n) is 9.49. The Kier molecular flexibility index (Phi) is 4.17. The van der Waals surface area contributed by atoms with Crippen LogP contribution in [0, 0.1) is 5.92 Å². The predicted molar refractivity (Wildman–Crippen MR) is 66.8 cm³/mol. The standard InChI is InChI=1S/C11H17IO3/c1-7-5-6-11(12,15-8(7)2)9(3)14-10(4)13/h5-9H,1-4H3/t7-,8-,9-,11+/m1/s1. The molecule has 0 aromatic heterocycles. The van der Waals surface area contributed by atoms with E-state index >= 15 is 0 Å². The fourth-order valence-electron chi connectivity index (χ4n) is 1.43. The van der Waals surface area contributed by atoms with Gasteiger partial charge >= 0.3 is 5.97 Å². The number of carbonyl (C=O) groups excluding carboxylic acids is 1. The molecule has 86 valence electrons. The van der Waals surface area contributed by atoms with Crippen molar-refractivity contribution in [1.29, 1.82) is 0 Å². The van der Waals surface area contributed by atoms with E-state index in [4.69, 9.17) is 9.47 Å². The number of halogens is 1. The molecule has 0 unspecified atom stereocenters. The van der Waals surface area contributed by atoms with Gasteiger partial charge in [-0.25, -0.2) is 0 Å². The van der Waals surface area contributed by atoms with E-state index in [9.17, 15) is 4.79 Å². The molecule has 0 bridgehead atoms. The fourth-order valence-corrected chi connectivity index (χ4v) is 2.17. The molecule has 1 rings (SSSR count). The Morgan fingerprint density at radius 2 is 2.20 bits per heavy atom. The molecule has 0 aromatic rings. The van der Waals surface area contributed by atoms with Gasteiger partial charge in [0, 0.05) is 12.8 Å². The summed E-state index contributed by atoms with van der Waals surface area (Å²) in [6.07, 6.45) is 3.96. The summed E-state index contributed by atoms with van der Waals surface area (Å²) in [6.45, 7) is 7.39. The third kappa shape index (κ3) is 3.17. The fraction of sp³-hybridized carbons (Fsp3) is 0.727. The van der Waals surface area contributed by atoms with Crippen LogP contribution in [-0.4, -0.2) is 21.8 Å². The average molecular weight is 324 g/mol. The van der Waals surface area contributed by atoms with Crippen molar-refractivity contribution in [2.45, 2.75) is 43.5 Å². The van der Waals surface area contributed by atoms with Gasteiger partial charge in [-0.3, -0.25) is 4.79 Å². The first-order chi connectivity index (χ1) is 6.85. The second kappa shape index (κ2) is 4.82. The van der Waals surface area contributed by atoms with Crippen LogP contribution in [0.1, 0.15) is 27.7 Å². The maximum Gasteiger partial charge on any atom is 0.303 e. The van der Waals surface area contributed by atoms with Crippen molar-refractivity contribution >= 4 is 28.6 Å². The molecule has 0 spiro atoms. The highest BCUT2D eigenvalue weighted by atomic mass is 127. The molecule has 0 aliphatic carbocycles. The van der Waals surface area contributed by atoms with Gasteiger partial charge < -0.3 is 9.47 Å². The smallest absolute Gasteiger partial charge is 0.303 e. The highest BCUT2D eigenvalue weighted by molar-refractivity contribution is 14.1. The van der Waals surface area contributed by atoms with E-state index < -0.39 is 3.61 Å². The zero-order valence-corrected chi connectivity index (χ0v) is 11.6. The summed E-state index contributed by atoms with van der Waals surface area (Å²) in [5.41, 5.74) is 0. The van der Waals surface area contributed by atoms with Gasteiger partial charge in [-0.2, -0.15) is 0 Å². The van der Waals surface area contributed by atoms with Crippen LogP contribution in [0.2, 0.25) is 0 Å². The van der Waals surface area contributed by atoms with Crippen molar-refractivity contribution in [3.8, 4) is 0 Å². The van der Waals surface area contributed by atoms with Crippen molar-refractivity contribution in [2.75, 3.05) is 0 Å². The summed E-state index contributed by atoms with van der Waals surface area (Å²) in [6, 6.07) is 0. The van der Waals surface area contributed by atoms with E-state index in [1.54, 1.807) is 0 Å². The summed E-state index contributed by atoms with van der Waals surface area (Å²) in [5.74, 6) is 0.124. The van der Waals surface area contributed by atoms with E-state index in [1.807, 2.05) is 19.9 Å². The molecule has 1 aliphatic rings. The zero-order chi connectivity index (χ0) is 11.6. The van der Waals surface area contributed by atoms with Gasteiger partial charge in [-0.1, -0.05) is 13.0 Å². The first-order valence-corrected chi connectivity index (χ1v) is 6.16. The molecular formula is C11H17IO3. The van der Waals surface area contributed by atoms with Crippen molar-refractivity contribution in [1.82, 2.24) is 0 Å². The van der Waals surface area contributed by atoms with E-state index in [1.165, 1.54) is 6.92 Å². The monoisotopic (exact) mass is 324 g/mol. The lowest BCUT2D eigenvalue weighted by atomic mass is 10.00. The van der Waals surface area contributed by atoms with Gasteiger partial charge in [0.1, 0.15) is 6.10 Å². The van der Waals surface area contributed by atoms with Crippen LogP contribution in [0.3, 0.4) is 0 Å². The Morgan fingerprint density at radius 1 is 1.60 bits per heavy atom. The van der Waals surface area contributed by atoms with Gasteiger partial charge in [0.05, 0.1) is 6.10 Å². The highest BCUT2D eigenvalue weighted by Gasteiger charge is 2.39. The van der Waals surface area contributed by atoms with Crippen molar-refractivity contribution in [2.24, 2.45) is 5.92 Å². The van der Waals surface area contributed by atoms with Crippen LogP contribution < -0.4 is 0 Å². The minimum Gasteiger partial charge on any atom is -0.459 e. The van der Waals surface area contributed by atoms with Crippen LogP contribution in [-0.2, 0) is 14.3 Å². The lowest BCUT2D eigenvalue weighted by Gasteiger charge is -2.38. The van der Waals surface area contributed by atoms with Gasteiger partial charge in [0.15, 0.2) is 3.61 Å². The quantitative estimate of drug-likeness (QED) is 0.339. The number of ether oxygens (including phenoxy) is 2. The minimum atomic E-state index is -0.532. The number of rotatable bonds is 2. The number of carbonyl (C=O) groups is 1. The van der Waals surface area contributed by atoms with Gasteiger partial charge in [0.25, 0.3) is 0 Å². The van der Waals surface area contributed by atoms with Crippen molar-refractivity contribution in [3.05, 3.63) is 12.2 Å². The average Bonchev–Trinajstić information content (AvgIpc) is 2.11. The molecular weight excluding hydrogens is 307 g/mol. The van der Waals surface area contributed by atoms with Gasteiger partial charge in [0.2, 0.25) is 0 Å². The summed E-state index contributed by atoms with van der Waals surface area (Å²) in [4.78, 5) is 10.9. The Bertz CT molecular complexity index is 277. The molecule has 3 nitrogen and oxygen atoms in total. The first kappa shape index (κ1) is 13.0. The number of hydrogen-bond acceptors (Lipinski definition) is 3. The van der Waals surface area contributed by atoms with Crippen LogP contribution >= 0.6 is 22.6 Å². The topological polar surface area (TPSA) is 35.5 Å². The summed E-state index contributed by atoms with van der Waals surface area (Å²) < 4.78 is 10.5. The normalized spacial score (nSPS) is 37.4. The first-order valence-electron chi connectivity index (χ1n) is 5.08. The molecule has 4 atom stereocenters. The Morgan fingerprint density at radius 3 is 2.67 bits per heavy atom. The SMILES string of the molecule is CC(=O)O[C@H](C)[C@]1(I)C=C[C@@H](C)[C@@H](C)O1. The van der Waals surface area contributed by atoms with Gasteiger partial charge in [-0.05, 0) is 42.5 Å². The maximum absolute atomic E-state index is 10.9. The lowest BCUT2D eigenvalue weighted by Crippen LogP contribution is -2.44. The molecule has 15 heavy (non-hydrogen) atoms. The third-order valence-electron chi connectivity index (χ3n) is 2.63. The molecule has 0 N–H and O–H groups in total. The van der Waals surface area contributed by atoms with Crippen molar-refractivity contribution < 1.29 is 14.3 Å². The van der Waals surface area contributed by atoms with E-state index in [0.717, 1.165) is 0 Å². The summed E-state index contributed by atoms with van der Waals surface area (Å²) in [5, 5.41) is 0. The molecule has 0 aromatic carbocycles. The van der Waals surface area contributed by atoms with Crippen LogP contribution in [0.4, 0.5) is 0 Å². The van der Waals surface area contributed by atoms with Crippen LogP contribution in [0.25, 0.3) is 0 Å². The summed E-state index contributed by atoms with van der Waals surface area (Å²) >= 11 is 2.19. The molecule has 0 saturated heterocycles. The molecule has 0 fully saturated rings. The number of alkyl halides is 1. The van der Waals surface area contributed by atoms with Gasteiger partial charge in [-0.15, -0.1) is 0 Å². The second-order valence-corrected chi connectivity index (χ2v) is 5.68. The predicted octanol–water partition coefficient (Wildman–Crippen LogP) is 2.68. The maximum atomic E-state index is 10.9. The second-order valence-electron chi connectivity index (χ2n) is 3.99. The molecule has 0 amide bonds. The van der Waals surface area contributed by atoms with E-state index in [0.29, 0.717) is 5.92 Å². The van der Waals surface area contributed by atoms with Crippen LogP contribution in [0.5, 0.6) is 0 Å². The molecule has 0 saturated carbocycles. The molecule has 1 heterocycles. The highest BCUT2D eigenvalue weighted by Crippen LogP contribution is 2.36. The molecule has 0 radical (unpaired) electrons. The summed E-state index contributed by atoms with van der Waals surface area (Å²) in [7, 11) is 0. The number of hydrogen-bond donors (Lipinski definition) is 0. The van der Waals surface area contributed by atoms with E-state index in [-0.39, 0.29) is 18.2 Å².